The molecular formula is C27H21ClN4O2S. The number of halogens is 1. The Labute approximate surface area is 211 Å². The number of nitrogens with zero attached hydrogens (tertiary/aromatic N) is 4. The molecule has 0 fully saturated rings. The van der Waals surface area contributed by atoms with E-state index in [1.54, 1.807) is 12.5 Å². The van der Waals surface area contributed by atoms with E-state index in [4.69, 9.17) is 21.3 Å². The molecule has 6 nitrogen and oxygen atoms in total. The molecule has 0 atom stereocenters. The molecule has 3 aromatic carbocycles. The molecule has 8 heteroatoms. The molecule has 1 aliphatic heterocycles. The fourth-order valence-corrected chi connectivity index (χ4v) is 5.78. The number of rotatable bonds is 6. The number of aryl methyl sites for hydroxylation is 1. The molecule has 5 aromatic rings. The third kappa shape index (κ3) is 4.07. The quantitative estimate of drug-likeness (QED) is 0.267. The van der Waals surface area contributed by atoms with Crippen LogP contribution in [0.3, 0.4) is 0 Å². The van der Waals surface area contributed by atoms with Crippen LogP contribution < -0.4 is 9.64 Å². The first kappa shape index (κ1) is 21.8. The maximum absolute atomic E-state index is 14.4. The predicted molar refractivity (Wildman–Crippen MR) is 139 cm³/mol. The molecule has 0 saturated carbocycles. The zero-order valence-corrected chi connectivity index (χ0v) is 20.2. The molecule has 3 heterocycles. The Morgan fingerprint density at radius 2 is 1.77 bits per heavy atom. The van der Waals surface area contributed by atoms with Crippen molar-refractivity contribution in [1.29, 1.82) is 0 Å². The fraction of sp³-hybridized carbons (Fsp3) is 0.148. The molecule has 1 aliphatic rings. The van der Waals surface area contributed by atoms with Gasteiger partial charge in [-0.1, -0.05) is 65.4 Å². The number of fused-ring (bicyclic) bond motifs is 3. The van der Waals surface area contributed by atoms with E-state index in [1.165, 1.54) is 11.3 Å². The summed E-state index contributed by atoms with van der Waals surface area (Å²) in [5, 5.41) is 1.22. The van der Waals surface area contributed by atoms with Gasteiger partial charge in [-0.15, -0.1) is 0 Å². The number of benzene rings is 3. The van der Waals surface area contributed by atoms with Crippen LogP contribution >= 0.6 is 22.9 Å². The van der Waals surface area contributed by atoms with Gasteiger partial charge >= 0.3 is 0 Å². The topological polar surface area (TPSA) is 60.2 Å². The number of aromatic nitrogens is 3. The largest absolute Gasteiger partial charge is 0.457 e. The van der Waals surface area contributed by atoms with E-state index in [0.29, 0.717) is 33.7 Å². The van der Waals surface area contributed by atoms with Crippen molar-refractivity contribution in [2.24, 2.45) is 0 Å². The van der Waals surface area contributed by atoms with Crippen molar-refractivity contribution in [1.82, 2.24) is 14.5 Å². The van der Waals surface area contributed by atoms with E-state index >= 15 is 0 Å². The minimum Gasteiger partial charge on any atom is -0.457 e. The Morgan fingerprint density at radius 3 is 2.46 bits per heavy atom. The van der Waals surface area contributed by atoms with Crippen LogP contribution in [0.25, 0.3) is 10.2 Å². The van der Waals surface area contributed by atoms with Gasteiger partial charge in [0, 0.05) is 36.6 Å². The van der Waals surface area contributed by atoms with E-state index in [0.717, 1.165) is 28.8 Å². The number of imidazole rings is 1. The summed E-state index contributed by atoms with van der Waals surface area (Å²) in [5.74, 6) is 0.881. The second-order valence-electron chi connectivity index (χ2n) is 8.34. The van der Waals surface area contributed by atoms with Gasteiger partial charge in [-0.2, -0.15) is 0 Å². The van der Waals surface area contributed by atoms with Gasteiger partial charge in [0.05, 0.1) is 22.0 Å². The molecule has 35 heavy (non-hydrogen) atoms. The SMILES string of the molecule is O=C(C1c2ccccc2Oc2ccccc21)N(CCCn1ccnc1)c1nc2c(Cl)cccc2s1. The van der Waals surface area contributed by atoms with E-state index in [2.05, 4.69) is 4.98 Å². The number of carbonyl (C=O) groups is 1. The van der Waals surface area contributed by atoms with E-state index in [1.807, 2.05) is 82.4 Å². The summed E-state index contributed by atoms with van der Waals surface area (Å²) in [5.41, 5.74) is 2.43. The first-order chi connectivity index (χ1) is 17.2. The highest BCUT2D eigenvalue weighted by Gasteiger charge is 2.36. The van der Waals surface area contributed by atoms with Crippen LogP contribution in [-0.2, 0) is 11.3 Å². The van der Waals surface area contributed by atoms with Crippen LogP contribution in [0, 0.1) is 0 Å². The summed E-state index contributed by atoms with van der Waals surface area (Å²) in [6, 6.07) is 21.2. The molecule has 6 rings (SSSR count). The monoisotopic (exact) mass is 500 g/mol. The van der Waals surface area contributed by atoms with Crippen LogP contribution in [0.1, 0.15) is 23.5 Å². The summed E-state index contributed by atoms with van der Waals surface area (Å²) in [4.78, 5) is 25.1. The van der Waals surface area contributed by atoms with Crippen molar-refractivity contribution in [3.05, 3.63) is 102 Å². The summed E-state index contributed by atoms with van der Waals surface area (Å²) in [6.07, 6.45) is 6.22. The lowest BCUT2D eigenvalue weighted by Gasteiger charge is -2.31. The fourth-order valence-electron chi connectivity index (χ4n) is 4.48. The highest BCUT2D eigenvalue weighted by molar-refractivity contribution is 7.22. The maximum atomic E-state index is 14.4. The standard InChI is InChI=1S/C27H21ClN4O2S/c28-20-9-5-12-23-25(20)30-27(35-23)32(15-6-14-31-16-13-29-17-31)26(33)24-18-7-1-3-10-21(18)34-22-11-4-2-8-19(22)24/h1-5,7-13,16-17,24H,6,14-15H2. The van der Waals surface area contributed by atoms with E-state index in [-0.39, 0.29) is 5.91 Å². The molecule has 0 saturated heterocycles. The van der Waals surface area contributed by atoms with Crippen molar-refractivity contribution in [3.63, 3.8) is 0 Å². The van der Waals surface area contributed by atoms with Crippen LogP contribution in [-0.4, -0.2) is 27.0 Å². The van der Waals surface area contributed by atoms with E-state index in [9.17, 15) is 4.79 Å². The average Bonchev–Trinajstić information content (AvgIpc) is 3.55. The number of anilines is 1. The van der Waals surface area contributed by atoms with Gasteiger partial charge < -0.3 is 9.30 Å². The van der Waals surface area contributed by atoms with Crippen LogP contribution in [0.4, 0.5) is 5.13 Å². The normalized spacial score (nSPS) is 12.7. The first-order valence-corrected chi connectivity index (χ1v) is 12.6. The van der Waals surface area contributed by atoms with Crippen molar-refractivity contribution in [2.45, 2.75) is 18.9 Å². The molecule has 174 valence electrons. The van der Waals surface area contributed by atoms with Crippen molar-refractivity contribution >= 4 is 44.2 Å². The zero-order valence-electron chi connectivity index (χ0n) is 18.7. The summed E-state index contributed by atoms with van der Waals surface area (Å²) in [6.45, 7) is 1.26. The van der Waals surface area contributed by atoms with E-state index < -0.39 is 5.92 Å². The number of amides is 1. The average molecular weight is 501 g/mol. The number of hydrogen-bond acceptors (Lipinski definition) is 5. The molecule has 0 aliphatic carbocycles. The smallest absolute Gasteiger partial charge is 0.241 e. The van der Waals surface area contributed by atoms with Crippen molar-refractivity contribution in [3.8, 4) is 11.5 Å². The van der Waals surface area contributed by atoms with Gasteiger partial charge in [0.2, 0.25) is 5.91 Å². The van der Waals surface area contributed by atoms with Gasteiger partial charge in [-0.05, 0) is 30.7 Å². The Bertz CT molecular complexity index is 1470. The summed E-state index contributed by atoms with van der Waals surface area (Å²) in [7, 11) is 0. The molecule has 0 unspecified atom stereocenters. The second kappa shape index (κ2) is 9.17. The molecule has 0 N–H and O–H groups in total. The third-order valence-corrected chi connectivity index (χ3v) is 7.49. The predicted octanol–water partition coefficient (Wildman–Crippen LogP) is 6.51. The first-order valence-electron chi connectivity index (χ1n) is 11.4. The lowest BCUT2D eigenvalue weighted by Crippen LogP contribution is -2.37. The molecule has 0 spiro atoms. The van der Waals surface area contributed by atoms with Crippen molar-refractivity contribution < 1.29 is 9.53 Å². The highest BCUT2D eigenvalue weighted by atomic mass is 35.5. The molecular weight excluding hydrogens is 480 g/mol. The number of carbonyl (C=O) groups excluding carboxylic acids is 1. The summed E-state index contributed by atoms with van der Waals surface area (Å²) >= 11 is 7.90. The van der Waals surface area contributed by atoms with Crippen molar-refractivity contribution in [2.75, 3.05) is 11.4 Å². The lowest BCUT2D eigenvalue weighted by molar-refractivity contribution is -0.119. The number of thiazole rings is 1. The van der Waals surface area contributed by atoms with Crippen LogP contribution in [0.2, 0.25) is 5.02 Å². The van der Waals surface area contributed by atoms with Gasteiger partial charge in [-0.25, -0.2) is 9.97 Å². The second-order valence-corrected chi connectivity index (χ2v) is 9.75. The zero-order chi connectivity index (χ0) is 23.8. The van der Waals surface area contributed by atoms with Gasteiger partial charge in [0.15, 0.2) is 5.13 Å². The van der Waals surface area contributed by atoms with Crippen LogP contribution in [0.15, 0.2) is 85.5 Å². The number of hydrogen-bond donors (Lipinski definition) is 0. The number of ether oxygens (including phenoxy) is 1. The Morgan fingerprint density at radius 1 is 1.03 bits per heavy atom. The Balaban J connectivity index is 1.41. The molecule has 0 bridgehead atoms. The van der Waals surface area contributed by atoms with Crippen LogP contribution in [0.5, 0.6) is 11.5 Å². The van der Waals surface area contributed by atoms with Gasteiger partial charge in [0.25, 0.3) is 0 Å². The van der Waals surface area contributed by atoms with Gasteiger partial charge in [-0.3, -0.25) is 9.69 Å². The lowest BCUT2D eigenvalue weighted by atomic mass is 9.87. The summed E-state index contributed by atoms with van der Waals surface area (Å²) < 4.78 is 9.09. The molecule has 1 amide bonds. The molecule has 2 aromatic heterocycles. The minimum atomic E-state index is -0.494. The maximum Gasteiger partial charge on any atom is 0.241 e. The minimum absolute atomic E-state index is 0.0333. The van der Waals surface area contributed by atoms with Gasteiger partial charge in [0.1, 0.15) is 17.0 Å². The third-order valence-electron chi connectivity index (χ3n) is 6.14. The Kier molecular flexibility index (Phi) is 5.72. The number of para-hydroxylation sites is 3. The molecule has 0 radical (unpaired) electrons. The Hall–Kier alpha value is -3.68. The highest BCUT2D eigenvalue weighted by Crippen LogP contribution is 2.45.